The van der Waals surface area contributed by atoms with E-state index in [0.717, 1.165) is 21.2 Å². The van der Waals surface area contributed by atoms with Crippen molar-refractivity contribution in [3.8, 4) is 5.75 Å². The van der Waals surface area contributed by atoms with Crippen LogP contribution in [0.5, 0.6) is 5.75 Å². The zero-order valence-corrected chi connectivity index (χ0v) is 22.2. The molecule has 5 nitrogen and oxygen atoms in total. The topological polar surface area (TPSA) is 53.9 Å². The Labute approximate surface area is 231 Å². The molecule has 4 aromatic carbocycles. The highest BCUT2D eigenvalue weighted by Gasteiger charge is 2.48. The van der Waals surface area contributed by atoms with E-state index in [-0.39, 0.29) is 12.3 Å². The van der Waals surface area contributed by atoms with Gasteiger partial charge in [-0.05, 0) is 65.2 Å². The van der Waals surface area contributed by atoms with Gasteiger partial charge in [-0.3, -0.25) is 0 Å². The molecular weight excluding hydrogens is 576 g/mol. The van der Waals surface area contributed by atoms with Gasteiger partial charge in [0.25, 0.3) is 0 Å². The summed E-state index contributed by atoms with van der Waals surface area (Å²) in [4.78, 5) is 13.4. The van der Waals surface area contributed by atoms with E-state index in [9.17, 15) is 13.6 Å². The zero-order valence-electron chi connectivity index (χ0n) is 19.8. The van der Waals surface area contributed by atoms with E-state index < -0.39 is 18.1 Å². The predicted molar refractivity (Wildman–Crippen MR) is 148 cm³/mol. The Balaban J connectivity index is 1.62. The largest absolute Gasteiger partial charge is 0.435 e. The molecule has 4 aromatic rings. The van der Waals surface area contributed by atoms with Gasteiger partial charge < -0.3 is 10.1 Å². The van der Waals surface area contributed by atoms with Gasteiger partial charge in [-0.25, -0.2) is 9.80 Å². The van der Waals surface area contributed by atoms with Crippen molar-refractivity contribution in [2.24, 2.45) is 5.10 Å². The molecule has 0 saturated heterocycles. The second kappa shape index (κ2) is 10.9. The fourth-order valence-corrected chi connectivity index (χ4v) is 4.95. The zero-order chi connectivity index (χ0) is 26.7. The Bertz CT molecular complexity index is 1450. The number of carbonyl (C=O) groups excluding carboxylic acids is 1. The van der Waals surface area contributed by atoms with E-state index in [1.54, 1.807) is 36.4 Å². The number of halogens is 4. The lowest BCUT2D eigenvalue weighted by Gasteiger charge is -2.32. The summed E-state index contributed by atoms with van der Waals surface area (Å²) in [5, 5.41) is 9.67. The van der Waals surface area contributed by atoms with Gasteiger partial charge in [0.1, 0.15) is 5.75 Å². The van der Waals surface area contributed by atoms with Crippen molar-refractivity contribution < 1.29 is 18.3 Å². The molecule has 1 aliphatic rings. The van der Waals surface area contributed by atoms with Crippen molar-refractivity contribution in [2.45, 2.75) is 12.0 Å². The average Bonchev–Trinajstić information content (AvgIpc) is 3.33. The first-order valence-corrected chi connectivity index (χ1v) is 12.8. The molecule has 0 saturated carbocycles. The van der Waals surface area contributed by atoms with E-state index in [1.807, 2.05) is 54.6 Å². The predicted octanol–water partition coefficient (Wildman–Crippen LogP) is 7.94. The molecule has 0 spiro atoms. The molecule has 0 aromatic heterocycles. The standard InChI is InChI=1S/C29H21BrClF2N3O2/c30-22-10-14-24(15-11-22)34-28(37)36-18-29(20-4-2-1-3-5-20,21-8-16-25(17-9-21)38-27(32)33)26(35-36)19-6-12-23(31)13-7-19/h1-17,27H,18H2,(H,34,37). The van der Waals surface area contributed by atoms with Crippen LogP contribution in [0, 0.1) is 0 Å². The van der Waals surface area contributed by atoms with Crippen molar-refractivity contribution >= 4 is 45.0 Å². The van der Waals surface area contributed by atoms with Gasteiger partial charge in [0.15, 0.2) is 0 Å². The molecule has 38 heavy (non-hydrogen) atoms. The molecule has 1 heterocycles. The van der Waals surface area contributed by atoms with Gasteiger partial charge >= 0.3 is 12.6 Å². The van der Waals surface area contributed by atoms with Crippen LogP contribution in [0.25, 0.3) is 0 Å². The van der Waals surface area contributed by atoms with E-state index in [0.29, 0.717) is 16.4 Å². The molecule has 1 atom stereocenters. The molecule has 192 valence electrons. The molecule has 0 aliphatic carbocycles. The highest BCUT2D eigenvalue weighted by molar-refractivity contribution is 9.10. The van der Waals surface area contributed by atoms with Crippen LogP contribution in [0.2, 0.25) is 5.02 Å². The van der Waals surface area contributed by atoms with Gasteiger partial charge in [0.05, 0.1) is 17.7 Å². The Hall–Kier alpha value is -3.75. The van der Waals surface area contributed by atoms with Gasteiger partial charge in [0.2, 0.25) is 0 Å². The van der Waals surface area contributed by atoms with Crippen LogP contribution in [0.4, 0.5) is 19.3 Å². The summed E-state index contributed by atoms with van der Waals surface area (Å²) in [5.41, 5.74) is 2.74. The van der Waals surface area contributed by atoms with Gasteiger partial charge in [-0.1, -0.05) is 82.1 Å². The second-order valence-electron chi connectivity index (χ2n) is 8.62. The van der Waals surface area contributed by atoms with E-state index >= 15 is 0 Å². The van der Waals surface area contributed by atoms with Crippen LogP contribution in [0.15, 0.2) is 113 Å². The molecule has 1 N–H and O–H groups in total. The lowest BCUT2D eigenvalue weighted by Crippen LogP contribution is -2.42. The number of nitrogens with one attached hydrogen (secondary N) is 1. The quantitative estimate of drug-likeness (QED) is 0.246. The fourth-order valence-electron chi connectivity index (χ4n) is 4.56. The van der Waals surface area contributed by atoms with E-state index in [1.165, 1.54) is 17.1 Å². The summed E-state index contributed by atoms with van der Waals surface area (Å²) in [6.45, 7) is -2.76. The molecule has 0 fully saturated rings. The number of alkyl halides is 2. The van der Waals surface area contributed by atoms with Crippen molar-refractivity contribution in [3.63, 3.8) is 0 Å². The Morgan fingerprint density at radius 1 is 0.921 bits per heavy atom. The van der Waals surface area contributed by atoms with E-state index in [4.69, 9.17) is 16.7 Å². The van der Waals surface area contributed by atoms with Crippen molar-refractivity contribution in [1.29, 1.82) is 0 Å². The number of benzene rings is 4. The molecule has 2 amide bonds. The lowest BCUT2D eigenvalue weighted by molar-refractivity contribution is -0.0498. The maximum Gasteiger partial charge on any atom is 0.387 e. The van der Waals surface area contributed by atoms with Crippen LogP contribution in [-0.2, 0) is 5.41 Å². The maximum absolute atomic E-state index is 13.4. The van der Waals surface area contributed by atoms with Crippen LogP contribution in [0.1, 0.15) is 16.7 Å². The number of hydrazone groups is 1. The summed E-state index contributed by atoms with van der Waals surface area (Å²) >= 11 is 9.57. The summed E-state index contributed by atoms with van der Waals surface area (Å²) in [6.07, 6.45) is 0. The number of carbonyl (C=O) groups is 1. The van der Waals surface area contributed by atoms with Gasteiger partial charge in [-0.2, -0.15) is 13.9 Å². The summed E-state index contributed by atoms with van der Waals surface area (Å²) in [7, 11) is 0. The van der Waals surface area contributed by atoms with Gasteiger partial charge in [-0.15, -0.1) is 0 Å². The number of hydrogen-bond acceptors (Lipinski definition) is 3. The fraction of sp³-hybridized carbons (Fsp3) is 0.103. The number of nitrogens with zero attached hydrogens (tertiary/aromatic N) is 2. The van der Waals surface area contributed by atoms with Crippen LogP contribution < -0.4 is 10.1 Å². The Morgan fingerprint density at radius 3 is 2.18 bits per heavy atom. The molecule has 0 bridgehead atoms. The third kappa shape index (κ3) is 5.28. The molecular formula is C29H21BrClF2N3O2. The summed E-state index contributed by atoms with van der Waals surface area (Å²) < 4.78 is 31.1. The van der Waals surface area contributed by atoms with Crippen LogP contribution >= 0.6 is 27.5 Å². The SMILES string of the molecule is O=C(Nc1ccc(Br)cc1)N1CC(c2ccccc2)(c2ccc(OC(F)F)cc2)C(c2ccc(Cl)cc2)=N1. The molecule has 9 heteroatoms. The lowest BCUT2D eigenvalue weighted by atomic mass is 9.69. The molecule has 0 radical (unpaired) electrons. The van der Waals surface area contributed by atoms with Crippen molar-refractivity contribution in [2.75, 3.05) is 11.9 Å². The first-order valence-electron chi connectivity index (χ1n) is 11.7. The monoisotopic (exact) mass is 595 g/mol. The second-order valence-corrected chi connectivity index (χ2v) is 9.98. The van der Waals surface area contributed by atoms with Gasteiger partial charge in [0, 0.05) is 15.2 Å². The minimum atomic E-state index is -2.93. The Morgan fingerprint density at radius 2 is 1.55 bits per heavy atom. The Kier molecular flexibility index (Phi) is 7.44. The van der Waals surface area contributed by atoms with E-state index in [2.05, 4.69) is 26.0 Å². The molecule has 1 aliphatic heterocycles. The first-order chi connectivity index (χ1) is 18.3. The van der Waals surface area contributed by atoms with Crippen molar-refractivity contribution in [3.05, 3.63) is 129 Å². The summed E-state index contributed by atoms with van der Waals surface area (Å²) in [6, 6.07) is 30.2. The third-order valence-corrected chi connectivity index (χ3v) is 7.08. The number of rotatable bonds is 6. The number of hydrogen-bond donors (Lipinski definition) is 1. The smallest absolute Gasteiger partial charge is 0.387 e. The normalized spacial score (nSPS) is 16.9. The van der Waals surface area contributed by atoms with Crippen LogP contribution in [0.3, 0.4) is 0 Å². The van der Waals surface area contributed by atoms with Crippen molar-refractivity contribution in [1.82, 2.24) is 5.01 Å². The average molecular weight is 597 g/mol. The third-order valence-electron chi connectivity index (χ3n) is 6.30. The minimum Gasteiger partial charge on any atom is -0.435 e. The highest BCUT2D eigenvalue weighted by atomic mass is 79.9. The number of urea groups is 1. The number of amides is 2. The molecule has 1 unspecified atom stereocenters. The maximum atomic E-state index is 13.4. The number of anilines is 1. The summed E-state index contributed by atoms with van der Waals surface area (Å²) in [5.74, 6) is 0.0415. The molecule has 5 rings (SSSR count). The minimum absolute atomic E-state index is 0.0415. The highest BCUT2D eigenvalue weighted by Crippen LogP contribution is 2.42. The number of ether oxygens (including phenoxy) is 1. The van der Waals surface area contributed by atoms with Crippen LogP contribution in [-0.4, -0.2) is 29.9 Å². The first kappa shape index (κ1) is 25.9.